The molecule has 2 rings (SSSR count). The first-order valence-corrected chi connectivity index (χ1v) is 5.67. The summed E-state index contributed by atoms with van der Waals surface area (Å²) in [6.07, 6.45) is 0. The molecule has 1 aromatic heterocycles. The summed E-state index contributed by atoms with van der Waals surface area (Å²) in [5, 5.41) is 7.09. The first-order chi connectivity index (χ1) is 7.70. The lowest BCUT2D eigenvalue weighted by molar-refractivity contribution is 0.973. The molecule has 0 unspecified atom stereocenters. The summed E-state index contributed by atoms with van der Waals surface area (Å²) in [6, 6.07) is 9.00. The predicted molar refractivity (Wildman–Crippen MR) is 68.0 cm³/mol. The molecule has 0 aliphatic heterocycles. The zero-order chi connectivity index (χ0) is 11.5. The van der Waals surface area contributed by atoms with E-state index >= 15 is 0 Å². The molecule has 0 bridgehead atoms. The van der Waals surface area contributed by atoms with E-state index < -0.39 is 0 Å². The number of aromatic nitrogens is 2. The van der Waals surface area contributed by atoms with E-state index in [1.54, 1.807) is 18.2 Å². The lowest BCUT2D eigenvalue weighted by Gasteiger charge is -2.02. The number of halogens is 1. The van der Waals surface area contributed by atoms with E-state index in [1.807, 2.05) is 12.1 Å². The Morgan fingerprint density at radius 2 is 2.00 bits per heavy atom. The van der Waals surface area contributed by atoms with Gasteiger partial charge in [0.2, 0.25) is 0 Å². The Morgan fingerprint density at radius 3 is 2.62 bits per heavy atom. The van der Waals surface area contributed by atoms with Crippen molar-refractivity contribution in [2.24, 2.45) is 0 Å². The van der Waals surface area contributed by atoms with Crippen LogP contribution in [0.3, 0.4) is 0 Å². The molecule has 2 aromatic rings. The maximum absolute atomic E-state index is 11.3. The standard InChI is InChI=1S/C11H9ClN2OS/c12-9-3-1-7(2-4-9)10-5-8(6-16)11(15)14-13-10/h1-5,16H,6H2,(H,14,15). The Kier molecular flexibility index (Phi) is 3.31. The molecule has 3 nitrogen and oxygen atoms in total. The quantitative estimate of drug-likeness (QED) is 0.807. The van der Waals surface area contributed by atoms with Crippen LogP contribution in [0.1, 0.15) is 5.56 Å². The number of benzene rings is 1. The fourth-order valence-corrected chi connectivity index (χ4v) is 1.69. The Bertz CT molecular complexity index is 551. The molecule has 16 heavy (non-hydrogen) atoms. The summed E-state index contributed by atoms with van der Waals surface area (Å²) >= 11 is 9.88. The molecular formula is C11H9ClN2OS. The van der Waals surface area contributed by atoms with Crippen molar-refractivity contribution in [2.45, 2.75) is 5.75 Å². The van der Waals surface area contributed by atoms with Gasteiger partial charge in [-0.1, -0.05) is 23.7 Å². The lowest BCUT2D eigenvalue weighted by Crippen LogP contribution is -2.13. The van der Waals surface area contributed by atoms with Gasteiger partial charge in [0, 0.05) is 21.9 Å². The molecule has 0 saturated carbocycles. The van der Waals surface area contributed by atoms with E-state index in [1.165, 1.54) is 0 Å². The number of rotatable bonds is 2. The number of H-pyrrole nitrogens is 1. The molecule has 0 saturated heterocycles. The number of hydrogen-bond donors (Lipinski definition) is 2. The van der Waals surface area contributed by atoms with E-state index in [-0.39, 0.29) is 5.56 Å². The molecule has 0 fully saturated rings. The topological polar surface area (TPSA) is 45.8 Å². The molecule has 0 amide bonds. The summed E-state index contributed by atoms with van der Waals surface area (Å²) in [4.78, 5) is 11.3. The number of hydrogen-bond acceptors (Lipinski definition) is 3. The SMILES string of the molecule is O=c1[nH]nc(-c2ccc(Cl)cc2)cc1CS. The minimum absolute atomic E-state index is 0.201. The molecule has 82 valence electrons. The van der Waals surface area contributed by atoms with Crippen LogP contribution in [0.25, 0.3) is 11.3 Å². The zero-order valence-electron chi connectivity index (χ0n) is 8.27. The normalized spacial score (nSPS) is 10.4. The van der Waals surface area contributed by atoms with Gasteiger partial charge in [-0.2, -0.15) is 17.7 Å². The second-order valence-electron chi connectivity index (χ2n) is 3.27. The summed E-state index contributed by atoms with van der Waals surface area (Å²) < 4.78 is 0. The van der Waals surface area contributed by atoms with Crippen molar-refractivity contribution in [1.82, 2.24) is 10.2 Å². The van der Waals surface area contributed by atoms with Crippen molar-refractivity contribution >= 4 is 24.2 Å². The lowest BCUT2D eigenvalue weighted by atomic mass is 10.1. The molecule has 1 aromatic carbocycles. The molecule has 0 radical (unpaired) electrons. The molecule has 0 aliphatic carbocycles. The summed E-state index contributed by atoms with van der Waals surface area (Å²) in [7, 11) is 0. The van der Waals surface area contributed by atoms with Crippen LogP contribution in [-0.4, -0.2) is 10.2 Å². The van der Waals surface area contributed by atoms with Crippen LogP contribution in [0.15, 0.2) is 35.1 Å². The van der Waals surface area contributed by atoms with Crippen molar-refractivity contribution < 1.29 is 0 Å². The van der Waals surface area contributed by atoms with Gasteiger partial charge >= 0.3 is 0 Å². The Balaban J connectivity index is 2.48. The smallest absolute Gasteiger partial charge is 0.268 e. The first-order valence-electron chi connectivity index (χ1n) is 4.66. The Morgan fingerprint density at radius 1 is 1.31 bits per heavy atom. The maximum atomic E-state index is 11.3. The number of thiol groups is 1. The number of aromatic amines is 1. The molecule has 1 N–H and O–H groups in total. The molecule has 5 heteroatoms. The van der Waals surface area contributed by atoms with Gasteiger partial charge < -0.3 is 0 Å². The minimum atomic E-state index is -0.201. The molecular weight excluding hydrogens is 244 g/mol. The van der Waals surface area contributed by atoms with Crippen LogP contribution < -0.4 is 5.56 Å². The van der Waals surface area contributed by atoms with Gasteiger partial charge in [-0.3, -0.25) is 4.79 Å². The van der Waals surface area contributed by atoms with Crippen LogP contribution in [-0.2, 0) is 5.75 Å². The molecule has 0 atom stereocenters. The molecule has 0 aliphatic rings. The van der Waals surface area contributed by atoms with Crippen LogP contribution in [0, 0.1) is 0 Å². The van der Waals surface area contributed by atoms with E-state index in [0.717, 1.165) is 5.56 Å². The van der Waals surface area contributed by atoms with E-state index in [9.17, 15) is 4.79 Å². The van der Waals surface area contributed by atoms with Gasteiger partial charge in [0.15, 0.2) is 0 Å². The van der Waals surface area contributed by atoms with Gasteiger partial charge in [-0.25, -0.2) is 5.10 Å². The van der Waals surface area contributed by atoms with Crippen molar-refractivity contribution in [3.05, 3.63) is 51.3 Å². The fraction of sp³-hybridized carbons (Fsp3) is 0.0909. The van der Waals surface area contributed by atoms with Crippen molar-refractivity contribution in [3.63, 3.8) is 0 Å². The molecule has 0 spiro atoms. The Hall–Kier alpha value is -1.26. The highest BCUT2D eigenvalue weighted by atomic mass is 35.5. The maximum Gasteiger partial charge on any atom is 0.268 e. The Labute approximate surface area is 103 Å². The highest BCUT2D eigenvalue weighted by Crippen LogP contribution is 2.19. The van der Waals surface area contributed by atoms with Gasteiger partial charge in [-0.15, -0.1) is 0 Å². The van der Waals surface area contributed by atoms with E-state index in [0.29, 0.717) is 22.0 Å². The largest absolute Gasteiger partial charge is 0.268 e. The van der Waals surface area contributed by atoms with Crippen LogP contribution >= 0.6 is 24.2 Å². The third-order valence-electron chi connectivity index (χ3n) is 2.19. The van der Waals surface area contributed by atoms with Crippen LogP contribution in [0.2, 0.25) is 5.02 Å². The second kappa shape index (κ2) is 4.72. The highest BCUT2D eigenvalue weighted by Gasteiger charge is 2.03. The third-order valence-corrected chi connectivity index (χ3v) is 2.78. The second-order valence-corrected chi connectivity index (χ2v) is 4.03. The third kappa shape index (κ3) is 2.28. The van der Waals surface area contributed by atoms with Crippen LogP contribution in [0.5, 0.6) is 0 Å². The average molecular weight is 253 g/mol. The van der Waals surface area contributed by atoms with Gasteiger partial charge in [0.25, 0.3) is 5.56 Å². The fourth-order valence-electron chi connectivity index (χ4n) is 1.33. The first kappa shape index (κ1) is 11.2. The van der Waals surface area contributed by atoms with Crippen LogP contribution in [0.4, 0.5) is 0 Å². The number of nitrogens with one attached hydrogen (secondary N) is 1. The van der Waals surface area contributed by atoms with Crippen molar-refractivity contribution in [1.29, 1.82) is 0 Å². The van der Waals surface area contributed by atoms with Crippen molar-refractivity contribution in [3.8, 4) is 11.3 Å². The summed E-state index contributed by atoms with van der Waals surface area (Å²) in [6.45, 7) is 0. The average Bonchev–Trinajstić information content (AvgIpc) is 2.31. The van der Waals surface area contributed by atoms with E-state index in [4.69, 9.17) is 11.6 Å². The zero-order valence-corrected chi connectivity index (χ0v) is 9.92. The van der Waals surface area contributed by atoms with Gasteiger partial charge in [0.1, 0.15) is 0 Å². The molecule has 1 heterocycles. The highest BCUT2D eigenvalue weighted by molar-refractivity contribution is 7.79. The number of nitrogens with zero attached hydrogens (tertiary/aromatic N) is 1. The summed E-state index contributed by atoms with van der Waals surface area (Å²) in [5.74, 6) is 0.387. The predicted octanol–water partition coefficient (Wildman–Crippen LogP) is 2.52. The van der Waals surface area contributed by atoms with Gasteiger partial charge in [-0.05, 0) is 18.2 Å². The van der Waals surface area contributed by atoms with Crippen molar-refractivity contribution in [2.75, 3.05) is 0 Å². The van der Waals surface area contributed by atoms with E-state index in [2.05, 4.69) is 22.8 Å². The monoisotopic (exact) mass is 252 g/mol. The minimum Gasteiger partial charge on any atom is -0.268 e. The summed E-state index contributed by atoms with van der Waals surface area (Å²) in [5.41, 5.74) is 2.01. The van der Waals surface area contributed by atoms with Gasteiger partial charge in [0.05, 0.1) is 5.69 Å².